The number of nitrogens with zero attached hydrogens (tertiary/aromatic N) is 1. The van der Waals surface area contributed by atoms with Crippen molar-refractivity contribution in [2.24, 2.45) is 0 Å². The summed E-state index contributed by atoms with van der Waals surface area (Å²) in [5.41, 5.74) is 2.81. The predicted molar refractivity (Wildman–Crippen MR) is 82.1 cm³/mol. The number of aryl methyl sites for hydroxylation is 2. The van der Waals surface area contributed by atoms with Gasteiger partial charge in [-0.05, 0) is 38.1 Å². The van der Waals surface area contributed by atoms with E-state index in [0.29, 0.717) is 23.7 Å². The van der Waals surface area contributed by atoms with Gasteiger partial charge in [-0.2, -0.15) is 0 Å². The summed E-state index contributed by atoms with van der Waals surface area (Å²) in [6.07, 6.45) is 0. The molecule has 0 aliphatic carbocycles. The number of hydrogen-bond acceptors (Lipinski definition) is 3. The van der Waals surface area contributed by atoms with Crippen molar-refractivity contribution < 1.29 is 14.3 Å². The molecule has 1 amide bonds. The minimum atomic E-state index is -0.0791. The lowest BCUT2D eigenvalue weighted by molar-refractivity contribution is -0.116. The molecule has 1 aromatic heterocycles. The summed E-state index contributed by atoms with van der Waals surface area (Å²) < 4.78 is 12.4. The normalized spacial score (nSPS) is 10.3. The SMILES string of the molecule is COc1ccc(NC(=O)Cn2c(C)ccc2C)cc1OC. The molecule has 0 aliphatic heterocycles. The third kappa shape index (κ3) is 3.37. The second kappa shape index (κ2) is 6.35. The highest BCUT2D eigenvalue weighted by molar-refractivity contribution is 5.91. The highest BCUT2D eigenvalue weighted by atomic mass is 16.5. The van der Waals surface area contributed by atoms with Crippen LogP contribution in [0.3, 0.4) is 0 Å². The third-order valence-electron chi connectivity index (χ3n) is 3.39. The molecule has 0 atom stereocenters. The number of amides is 1. The number of nitrogens with one attached hydrogen (secondary N) is 1. The van der Waals surface area contributed by atoms with E-state index in [0.717, 1.165) is 11.4 Å². The summed E-state index contributed by atoms with van der Waals surface area (Å²) in [6.45, 7) is 4.26. The van der Waals surface area contributed by atoms with Crippen LogP contribution in [-0.4, -0.2) is 24.7 Å². The molecule has 112 valence electrons. The van der Waals surface area contributed by atoms with Crippen LogP contribution in [0.2, 0.25) is 0 Å². The van der Waals surface area contributed by atoms with E-state index in [-0.39, 0.29) is 5.91 Å². The molecule has 1 aromatic carbocycles. The van der Waals surface area contributed by atoms with E-state index in [9.17, 15) is 4.79 Å². The molecule has 2 aromatic rings. The Bertz CT molecular complexity index is 627. The molecular formula is C16H20N2O3. The molecule has 0 radical (unpaired) electrons. The van der Waals surface area contributed by atoms with Gasteiger partial charge in [-0.15, -0.1) is 0 Å². The molecule has 0 spiro atoms. The van der Waals surface area contributed by atoms with Gasteiger partial charge in [0.1, 0.15) is 6.54 Å². The van der Waals surface area contributed by atoms with Gasteiger partial charge in [0, 0.05) is 23.1 Å². The van der Waals surface area contributed by atoms with Gasteiger partial charge in [0.05, 0.1) is 14.2 Å². The third-order valence-corrected chi connectivity index (χ3v) is 3.39. The van der Waals surface area contributed by atoms with Crippen molar-refractivity contribution in [3.05, 3.63) is 41.7 Å². The smallest absolute Gasteiger partial charge is 0.244 e. The number of methoxy groups -OCH3 is 2. The Morgan fingerprint density at radius 1 is 1.05 bits per heavy atom. The fourth-order valence-electron chi connectivity index (χ4n) is 2.21. The van der Waals surface area contributed by atoms with Crippen LogP contribution < -0.4 is 14.8 Å². The Morgan fingerprint density at radius 3 is 2.24 bits per heavy atom. The Kier molecular flexibility index (Phi) is 4.52. The fraction of sp³-hybridized carbons (Fsp3) is 0.312. The van der Waals surface area contributed by atoms with E-state index in [1.54, 1.807) is 32.4 Å². The van der Waals surface area contributed by atoms with Crippen molar-refractivity contribution in [2.75, 3.05) is 19.5 Å². The second-order valence-corrected chi connectivity index (χ2v) is 4.82. The molecule has 0 aliphatic rings. The first kappa shape index (κ1) is 15.0. The number of ether oxygens (including phenoxy) is 2. The van der Waals surface area contributed by atoms with E-state index >= 15 is 0 Å². The molecule has 5 heteroatoms. The van der Waals surface area contributed by atoms with Crippen LogP contribution >= 0.6 is 0 Å². The minimum Gasteiger partial charge on any atom is -0.493 e. The number of hydrogen-bond donors (Lipinski definition) is 1. The average Bonchev–Trinajstić information content (AvgIpc) is 2.79. The van der Waals surface area contributed by atoms with Crippen molar-refractivity contribution in [1.82, 2.24) is 4.57 Å². The van der Waals surface area contributed by atoms with Gasteiger partial charge in [-0.25, -0.2) is 0 Å². The highest BCUT2D eigenvalue weighted by Gasteiger charge is 2.09. The van der Waals surface area contributed by atoms with Crippen molar-refractivity contribution >= 4 is 11.6 Å². The van der Waals surface area contributed by atoms with Crippen molar-refractivity contribution in [3.8, 4) is 11.5 Å². The monoisotopic (exact) mass is 288 g/mol. The Labute approximate surface area is 124 Å². The van der Waals surface area contributed by atoms with Gasteiger partial charge in [0.25, 0.3) is 0 Å². The second-order valence-electron chi connectivity index (χ2n) is 4.82. The number of carbonyl (C=O) groups excluding carboxylic acids is 1. The van der Waals surface area contributed by atoms with Gasteiger partial charge in [-0.1, -0.05) is 0 Å². The van der Waals surface area contributed by atoms with Crippen LogP contribution in [0.4, 0.5) is 5.69 Å². The predicted octanol–water partition coefficient (Wildman–Crippen LogP) is 2.76. The van der Waals surface area contributed by atoms with Crippen LogP contribution in [0, 0.1) is 13.8 Å². The number of aromatic nitrogens is 1. The van der Waals surface area contributed by atoms with Crippen LogP contribution in [-0.2, 0) is 11.3 Å². The zero-order valence-corrected chi connectivity index (χ0v) is 12.8. The quantitative estimate of drug-likeness (QED) is 0.920. The molecule has 21 heavy (non-hydrogen) atoms. The first-order chi connectivity index (χ1) is 10.0. The van der Waals surface area contributed by atoms with Gasteiger partial charge < -0.3 is 19.4 Å². The van der Waals surface area contributed by atoms with E-state index in [2.05, 4.69) is 5.32 Å². The largest absolute Gasteiger partial charge is 0.493 e. The van der Waals surface area contributed by atoms with E-state index < -0.39 is 0 Å². The summed E-state index contributed by atoms with van der Waals surface area (Å²) in [4.78, 5) is 12.1. The van der Waals surface area contributed by atoms with Crippen LogP contribution in [0.5, 0.6) is 11.5 Å². The summed E-state index contributed by atoms with van der Waals surface area (Å²) in [5, 5.41) is 2.87. The maximum absolute atomic E-state index is 12.1. The van der Waals surface area contributed by atoms with Gasteiger partial charge in [0.2, 0.25) is 5.91 Å². The highest BCUT2D eigenvalue weighted by Crippen LogP contribution is 2.29. The van der Waals surface area contributed by atoms with Crippen LogP contribution in [0.25, 0.3) is 0 Å². The summed E-state index contributed by atoms with van der Waals surface area (Å²) in [5.74, 6) is 1.14. The molecule has 1 heterocycles. The van der Waals surface area contributed by atoms with Gasteiger partial charge >= 0.3 is 0 Å². The van der Waals surface area contributed by atoms with Crippen molar-refractivity contribution in [2.45, 2.75) is 20.4 Å². The lowest BCUT2D eigenvalue weighted by Gasteiger charge is -2.12. The topological polar surface area (TPSA) is 52.5 Å². The standard InChI is InChI=1S/C16H20N2O3/c1-11-5-6-12(2)18(11)10-16(19)17-13-7-8-14(20-3)15(9-13)21-4/h5-9H,10H2,1-4H3,(H,17,19). The van der Waals surface area contributed by atoms with Gasteiger partial charge in [0.15, 0.2) is 11.5 Å². The van der Waals surface area contributed by atoms with Crippen molar-refractivity contribution in [3.63, 3.8) is 0 Å². The van der Waals surface area contributed by atoms with E-state index in [1.807, 2.05) is 30.5 Å². The molecule has 1 N–H and O–H groups in total. The van der Waals surface area contributed by atoms with E-state index in [4.69, 9.17) is 9.47 Å². The fourth-order valence-corrected chi connectivity index (χ4v) is 2.21. The number of anilines is 1. The van der Waals surface area contributed by atoms with Crippen LogP contribution in [0.15, 0.2) is 30.3 Å². The minimum absolute atomic E-state index is 0.0791. The molecule has 5 nitrogen and oxygen atoms in total. The Morgan fingerprint density at radius 2 is 1.67 bits per heavy atom. The number of rotatable bonds is 5. The molecule has 0 saturated heterocycles. The van der Waals surface area contributed by atoms with E-state index in [1.165, 1.54) is 0 Å². The summed E-state index contributed by atoms with van der Waals surface area (Å²) >= 11 is 0. The Balaban J connectivity index is 2.09. The lowest BCUT2D eigenvalue weighted by Crippen LogP contribution is -2.20. The van der Waals surface area contributed by atoms with Crippen molar-refractivity contribution in [1.29, 1.82) is 0 Å². The molecule has 2 rings (SSSR count). The number of carbonyl (C=O) groups is 1. The average molecular weight is 288 g/mol. The van der Waals surface area contributed by atoms with Crippen LogP contribution in [0.1, 0.15) is 11.4 Å². The zero-order valence-electron chi connectivity index (χ0n) is 12.8. The molecule has 0 bridgehead atoms. The maximum atomic E-state index is 12.1. The molecular weight excluding hydrogens is 268 g/mol. The molecule has 0 fully saturated rings. The summed E-state index contributed by atoms with van der Waals surface area (Å²) in [7, 11) is 3.14. The first-order valence-electron chi connectivity index (χ1n) is 6.69. The van der Waals surface area contributed by atoms with Gasteiger partial charge in [-0.3, -0.25) is 4.79 Å². The zero-order chi connectivity index (χ0) is 15.4. The number of benzene rings is 1. The Hall–Kier alpha value is -2.43. The maximum Gasteiger partial charge on any atom is 0.244 e. The molecule has 0 unspecified atom stereocenters. The first-order valence-corrected chi connectivity index (χ1v) is 6.69. The summed E-state index contributed by atoms with van der Waals surface area (Å²) in [6, 6.07) is 9.29. The molecule has 0 saturated carbocycles. The lowest BCUT2D eigenvalue weighted by atomic mass is 10.2.